The van der Waals surface area contributed by atoms with E-state index in [1.165, 1.54) is 24.9 Å². The second-order valence-electron chi connectivity index (χ2n) is 6.58. The normalized spacial score (nSPS) is 17.6. The fourth-order valence-corrected chi connectivity index (χ4v) is 3.38. The van der Waals surface area contributed by atoms with E-state index in [1.54, 1.807) is 12.1 Å². The van der Waals surface area contributed by atoms with Crippen LogP contribution in [0.25, 0.3) is 0 Å². The van der Waals surface area contributed by atoms with E-state index in [0.29, 0.717) is 23.0 Å². The minimum atomic E-state index is -0.135. The van der Waals surface area contributed by atoms with Crippen LogP contribution < -0.4 is 16.0 Å². The number of amides is 1. The van der Waals surface area contributed by atoms with Crippen LogP contribution in [-0.2, 0) is 0 Å². The predicted molar refractivity (Wildman–Crippen MR) is 101 cm³/mol. The highest BCUT2D eigenvalue weighted by Crippen LogP contribution is 2.33. The lowest BCUT2D eigenvalue weighted by Crippen LogP contribution is -2.37. The summed E-state index contributed by atoms with van der Waals surface area (Å²) < 4.78 is 0. The number of benzene rings is 2. The number of nitrogens with zero attached hydrogens (tertiary/aromatic N) is 1. The van der Waals surface area contributed by atoms with Crippen molar-refractivity contribution in [2.45, 2.75) is 39.2 Å². The van der Waals surface area contributed by atoms with Crippen molar-refractivity contribution in [3.05, 3.63) is 53.6 Å². The van der Waals surface area contributed by atoms with Crippen LogP contribution in [0.5, 0.6) is 0 Å². The molecule has 1 atom stereocenters. The Morgan fingerprint density at radius 1 is 1.21 bits per heavy atom. The Balaban J connectivity index is 1.88. The summed E-state index contributed by atoms with van der Waals surface area (Å²) in [6.07, 6.45) is 3.69. The van der Waals surface area contributed by atoms with Gasteiger partial charge >= 0.3 is 0 Å². The summed E-state index contributed by atoms with van der Waals surface area (Å²) in [5.41, 5.74) is 10.4. The highest BCUT2D eigenvalue weighted by atomic mass is 16.1. The number of nitrogens with two attached hydrogens (primary N) is 1. The molecule has 0 bridgehead atoms. The van der Waals surface area contributed by atoms with Crippen LogP contribution >= 0.6 is 0 Å². The fourth-order valence-electron chi connectivity index (χ4n) is 3.38. The molecular weight excluding hydrogens is 298 g/mol. The Labute approximate surface area is 143 Å². The Kier molecular flexibility index (Phi) is 4.74. The minimum Gasteiger partial charge on any atom is -0.397 e. The molecule has 4 nitrogen and oxygen atoms in total. The molecular formula is C20H25N3O. The average molecular weight is 323 g/mol. The summed E-state index contributed by atoms with van der Waals surface area (Å²) in [5.74, 6) is -0.135. The molecule has 24 heavy (non-hydrogen) atoms. The second-order valence-corrected chi connectivity index (χ2v) is 6.58. The molecule has 3 rings (SSSR count). The minimum absolute atomic E-state index is 0.135. The summed E-state index contributed by atoms with van der Waals surface area (Å²) in [4.78, 5) is 14.8. The van der Waals surface area contributed by atoms with Crippen LogP contribution in [0, 0.1) is 6.92 Å². The van der Waals surface area contributed by atoms with Crippen molar-refractivity contribution in [1.82, 2.24) is 0 Å². The smallest absolute Gasteiger partial charge is 0.255 e. The van der Waals surface area contributed by atoms with E-state index in [0.717, 1.165) is 12.1 Å². The lowest BCUT2D eigenvalue weighted by molar-refractivity contribution is 0.102. The zero-order valence-electron chi connectivity index (χ0n) is 14.4. The van der Waals surface area contributed by atoms with Crippen molar-refractivity contribution < 1.29 is 4.79 Å². The van der Waals surface area contributed by atoms with E-state index >= 15 is 0 Å². The van der Waals surface area contributed by atoms with Crippen molar-refractivity contribution in [2.75, 3.05) is 22.5 Å². The summed E-state index contributed by atoms with van der Waals surface area (Å²) in [6.45, 7) is 5.39. The third-order valence-corrected chi connectivity index (χ3v) is 4.76. The molecule has 0 radical (unpaired) electrons. The molecule has 1 aliphatic heterocycles. The van der Waals surface area contributed by atoms with Gasteiger partial charge in [0.25, 0.3) is 5.91 Å². The largest absolute Gasteiger partial charge is 0.397 e. The number of nitrogens with one attached hydrogen (secondary N) is 1. The number of nitrogen functional groups attached to an aromatic ring is 1. The maximum atomic E-state index is 12.4. The first-order chi connectivity index (χ1) is 11.6. The maximum Gasteiger partial charge on any atom is 0.255 e. The van der Waals surface area contributed by atoms with Crippen LogP contribution in [-0.4, -0.2) is 18.5 Å². The van der Waals surface area contributed by atoms with Gasteiger partial charge < -0.3 is 16.0 Å². The zero-order valence-corrected chi connectivity index (χ0v) is 14.4. The van der Waals surface area contributed by atoms with Gasteiger partial charge in [0.2, 0.25) is 0 Å². The first-order valence-corrected chi connectivity index (χ1v) is 8.59. The first kappa shape index (κ1) is 16.4. The third kappa shape index (κ3) is 3.37. The maximum absolute atomic E-state index is 12.4. The van der Waals surface area contributed by atoms with Gasteiger partial charge in [0, 0.05) is 23.8 Å². The molecule has 1 fully saturated rings. The Morgan fingerprint density at radius 2 is 1.96 bits per heavy atom. The van der Waals surface area contributed by atoms with E-state index in [9.17, 15) is 4.79 Å². The van der Waals surface area contributed by atoms with Gasteiger partial charge in [-0.25, -0.2) is 0 Å². The van der Waals surface area contributed by atoms with Gasteiger partial charge in [-0.2, -0.15) is 0 Å². The lowest BCUT2D eigenvalue weighted by atomic mass is 10.0. The molecule has 1 saturated heterocycles. The third-order valence-electron chi connectivity index (χ3n) is 4.76. The molecule has 0 saturated carbocycles. The number of carbonyl (C=O) groups is 1. The monoisotopic (exact) mass is 323 g/mol. The average Bonchev–Trinajstić information content (AvgIpc) is 2.59. The van der Waals surface area contributed by atoms with Crippen LogP contribution in [0.15, 0.2) is 42.5 Å². The Morgan fingerprint density at radius 3 is 2.67 bits per heavy atom. The Bertz CT molecular complexity index is 727. The van der Waals surface area contributed by atoms with Crippen molar-refractivity contribution in [1.29, 1.82) is 0 Å². The number of hydrogen-bond donors (Lipinski definition) is 2. The van der Waals surface area contributed by atoms with Crippen LogP contribution in [0.4, 0.5) is 17.1 Å². The summed E-state index contributed by atoms with van der Waals surface area (Å²) in [5, 5.41) is 2.96. The SMILES string of the molecule is Cc1cc(N)c(NC(=O)c2ccccc2)cc1N1CCCC[C@H]1C. The van der Waals surface area contributed by atoms with E-state index in [2.05, 4.69) is 24.1 Å². The molecule has 0 aromatic heterocycles. The molecule has 126 valence electrons. The van der Waals surface area contributed by atoms with Gasteiger partial charge in [0.05, 0.1) is 11.4 Å². The lowest BCUT2D eigenvalue weighted by Gasteiger charge is -2.36. The van der Waals surface area contributed by atoms with Crippen LogP contribution in [0.3, 0.4) is 0 Å². The molecule has 0 aliphatic carbocycles. The number of hydrogen-bond acceptors (Lipinski definition) is 3. The summed E-state index contributed by atoms with van der Waals surface area (Å²) >= 11 is 0. The quantitative estimate of drug-likeness (QED) is 0.832. The summed E-state index contributed by atoms with van der Waals surface area (Å²) in [6, 6.07) is 13.7. The van der Waals surface area contributed by atoms with E-state index < -0.39 is 0 Å². The van der Waals surface area contributed by atoms with E-state index in [1.807, 2.05) is 30.3 Å². The highest BCUT2D eigenvalue weighted by molar-refractivity contribution is 6.06. The molecule has 0 unspecified atom stereocenters. The van der Waals surface area contributed by atoms with Gasteiger partial charge in [0.1, 0.15) is 0 Å². The number of anilines is 3. The molecule has 3 N–H and O–H groups in total. The van der Waals surface area contributed by atoms with Crippen molar-refractivity contribution in [3.8, 4) is 0 Å². The number of piperidine rings is 1. The van der Waals surface area contributed by atoms with Gasteiger partial charge in [-0.3, -0.25) is 4.79 Å². The van der Waals surface area contributed by atoms with Gasteiger partial charge in [-0.1, -0.05) is 18.2 Å². The van der Waals surface area contributed by atoms with E-state index in [4.69, 9.17) is 5.73 Å². The van der Waals surface area contributed by atoms with Gasteiger partial charge in [0.15, 0.2) is 0 Å². The van der Waals surface area contributed by atoms with E-state index in [-0.39, 0.29) is 5.91 Å². The first-order valence-electron chi connectivity index (χ1n) is 8.59. The Hall–Kier alpha value is -2.49. The van der Waals surface area contributed by atoms with Crippen LogP contribution in [0.1, 0.15) is 42.1 Å². The van der Waals surface area contributed by atoms with Gasteiger partial charge in [-0.05, 0) is 62.9 Å². The number of rotatable bonds is 3. The van der Waals surface area contributed by atoms with Crippen molar-refractivity contribution >= 4 is 23.0 Å². The van der Waals surface area contributed by atoms with Gasteiger partial charge in [-0.15, -0.1) is 0 Å². The highest BCUT2D eigenvalue weighted by Gasteiger charge is 2.21. The number of aryl methyl sites for hydroxylation is 1. The fraction of sp³-hybridized carbons (Fsp3) is 0.350. The molecule has 2 aromatic rings. The van der Waals surface area contributed by atoms with Crippen molar-refractivity contribution in [3.63, 3.8) is 0 Å². The molecule has 4 heteroatoms. The second kappa shape index (κ2) is 6.95. The standard InChI is InChI=1S/C20H25N3O/c1-14-12-17(21)18(22-20(24)16-9-4-3-5-10-16)13-19(14)23-11-7-6-8-15(23)2/h3-5,9-10,12-13,15H,6-8,11,21H2,1-2H3,(H,22,24)/t15-/m1/s1. The molecule has 2 aromatic carbocycles. The number of carbonyl (C=O) groups excluding carboxylic acids is 1. The molecule has 0 spiro atoms. The molecule has 1 amide bonds. The van der Waals surface area contributed by atoms with Crippen LogP contribution in [0.2, 0.25) is 0 Å². The molecule has 1 aliphatic rings. The molecule has 1 heterocycles. The summed E-state index contributed by atoms with van der Waals surface area (Å²) in [7, 11) is 0. The predicted octanol–water partition coefficient (Wildman–Crippen LogP) is 4.21. The van der Waals surface area contributed by atoms with Crippen molar-refractivity contribution in [2.24, 2.45) is 0 Å². The topological polar surface area (TPSA) is 58.4 Å². The zero-order chi connectivity index (χ0) is 17.1.